The lowest BCUT2D eigenvalue weighted by atomic mass is 9.80. The molecule has 0 unspecified atom stereocenters. The molecule has 0 amide bonds. The van der Waals surface area contributed by atoms with Crippen molar-refractivity contribution in [2.75, 3.05) is 38.0 Å². The Morgan fingerprint density at radius 2 is 0.734 bits per heavy atom. The van der Waals surface area contributed by atoms with Crippen LogP contribution in [0.25, 0.3) is 142 Å². The predicted octanol–water partition coefficient (Wildman–Crippen LogP) is 16.5. The minimum absolute atomic E-state index is 1.18. The van der Waals surface area contributed by atoms with Gasteiger partial charge in [0, 0.05) is 39.6 Å². The van der Waals surface area contributed by atoms with Crippen molar-refractivity contribution in [3.05, 3.63) is 182 Å². The third kappa shape index (κ3) is 4.69. The monoisotopic (exact) mass is 814 g/mol. The lowest BCUT2D eigenvalue weighted by Crippen LogP contribution is -2.08. The first-order chi connectivity index (χ1) is 31.4. The predicted molar refractivity (Wildman–Crippen MR) is 277 cm³/mol. The maximum absolute atomic E-state index is 2.51. The Bertz CT molecular complexity index is 4080. The fourth-order valence-electron chi connectivity index (χ4n) is 11.8. The molecule has 12 aromatic carbocycles. The zero-order chi connectivity index (χ0) is 42.5. The topological polar surface area (TPSA) is 6.48 Å². The van der Waals surface area contributed by atoms with Gasteiger partial charge in [-0.15, -0.1) is 0 Å². The quantitative estimate of drug-likeness (QED) is 0.163. The summed E-state index contributed by atoms with van der Waals surface area (Å²) in [4.78, 5) is 4.45. The highest BCUT2D eigenvalue weighted by Crippen LogP contribution is 2.60. The highest BCUT2D eigenvalue weighted by Gasteiger charge is 2.33. The van der Waals surface area contributed by atoms with Crippen molar-refractivity contribution in [2.24, 2.45) is 0 Å². The van der Waals surface area contributed by atoms with Gasteiger partial charge in [-0.2, -0.15) is 0 Å². The van der Waals surface area contributed by atoms with Gasteiger partial charge in [-0.05, 0) is 191 Å². The zero-order valence-electron chi connectivity index (χ0n) is 36.2. The molecular formula is C62H42N2. The zero-order valence-corrected chi connectivity index (χ0v) is 36.2. The number of fused-ring (bicyclic) bond motifs is 15. The van der Waals surface area contributed by atoms with Crippen LogP contribution in [0.1, 0.15) is 0 Å². The highest BCUT2D eigenvalue weighted by molar-refractivity contribution is 6.35. The third-order valence-electron chi connectivity index (χ3n) is 14.6. The Hall–Kier alpha value is -7.94. The van der Waals surface area contributed by atoms with E-state index in [0.29, 0.717) is 0 Å². The fourth-order valence-corrected chi connectivity index (χ4v) is 11.8. The molecule has 0 saturated heterocycles. The maximum atomic E-state index is 2.51. The third-order valence-corrected chi connectivity index (χ3v) is 14.6. The summed E-state index contributed by atoms with van der Waals surface area (Å²) in [6.07, 6.45) is 0. The van der Waals surface area contributed by atoms with Crippen molar-refractivity contribution >= 4 is 86.8 Å². The first-order valence-electron chi connectivity index (χ1n) is 22.4. The Morgan fingerprint density at radius 3 is 1.42 bits per heavy atom. The van der Waals surface area contributed by atoms with Crippen LogP contribution in [0.2, 0.25) is 0 Å². The van der Waals surface area contributed by atoms with Gasteiger partial charge in [0.25, 0.3) is 0 Å². The summed E-state index contributed by atoms with van der Waals surface area (Å²) in [6.45, 7) is 0. The van der Waals surface area contributed by atoms with Gasteiger partial charge >= 0.3 is 0 Å². The summed E-state index contributed by atoms with van der Waals surface area (Å²) in [5.74, 6) is 0. The first-order valence-corrected chi connectivity index (χ1v) is 22.4. The van der Waals surface area contributed by atoms with Gasteiger partial charge in [-0.3, -0.25) is 0 Å². The minimum Gasteiger partial charge on any atom is -0.378 e. The number of nitrogens with zero attached hydrogens (tertiary/aromatic N) is 2. The molecule has 0 fully saturated rings. The summed E-state index contributed by atoms with van der Waals surface area (Å²) in [5.41, 5.74) is 18.0. The van der Waals surface area contributed by atoms with Crippen LogP contribution in [0.5, 0.6) is 0 Å². The Labute approximate surface area is 371 Å². The van der Waals surface area contributed by atoms with Crippen LogP contribution < -0.4 is 9.80 Å². The molecule has 14 rings (SSSR count). The van der Waals surface area contributed by atoms with Crippen LogP contribution in [0.3, 0.4) is 0 Å². The van der Waals surface area contributed by atoms with Gasteiger partial charge in [0.15, 0.2) is 0 Å². The van der Waals surface area contributed by atoms with E-state index in [1.807, 2.05) is 0 Å². The van der Waals surface area contributed by atoms with Crippen molar-refractivity contribution in [3.8, 4) is 66.8 Å². The molecule has 0 N–H and O–H groups in total. The second-order valence-corrected chi connectivity index (χ2v) is 18.4. The molecule has 0 heterocycles. The summed E-state index contributed by atoms with van der Waals surface area (Å²) in [5, 5.41) is 18.2. The maximum Gasteiger partial charge on any atom is 0.0367 e. The lowest BCUT2D eigenvalue weighted by molar-refractivity contribution is 1.13. The van der Waals surface area contributed by atoms with Crippen LogP contribution >= 0.6 is 0 Å². The Balaban J connectivity index is 1.17. The van der Waals surface area contributed by atoms with E-state index in [-0.39, 0.29) is 0 Å². The van der Waals surface area contributed by atoms with Gasteiger partial charge in [-0.25, -0.2) is 0 Å². The molecule has 2 heteroatoms. The summed E-state index contributed by atoms with van der Waals surface area (Å²) < 4.78 is 0. The number of hydrogen-bond donors (Lipinski definition) is 0. The minimum atomic E-state index is 1.18. The van der Waals surface area contributed by atoms with E-state index in [1.165, 1.54) is 154 Å². The molecule has 0 spiro atoms. The van der Waals surface area contributed by atoms with Crippen molar-refractivity contribution in [2.45, 2.75) is 0 Å². The smallest absolute Gasteiger partial charge is 0.0367 e. The average molecular weight is 815 g/mol. The number of hydrogen-bond acceptors (Lipinski definition) is 2. The summed E-state index contributed by atoms with van der Waals surface area (Å²) >= 11 is 0. The molecule has 0 radical (unpaired) electrons. The average Bonchev–Trinajstić information content (AvgIpc) is 3.82. The molecule has 2 aliphatic rings. The highest BCUT2D eigenvalue weighted by atomic mass is 15.1. The molecule has 0 bridgehead atoms. The molecule has 12 aromatic rings. The van der Waals surface area contributed by atoms with Gasteiger partial charge in [0.1, 0.15) is 0 Å². The molecule has 0 aromatic heterocycles. The SMILES string of the molecule is CN(C)c1cccc(-c2c3c(c(-c4cccc(N(C)C)c4)c4c2ccc2c5cc6c(cc5ccc24)-c2cccc4c2c-6cc2ccccc24)-c2cccc4c2c-3cc2ccccc24)c1. The lowest BCUT2D eigenvalue weighted by Gasteiger charge is -2.24. The van der Waals surface area contributed by atoms with Gasteiger partial charge in [0.05, 0.1) is 0 Å². The van der Waals surface area contributed by atoms with Crippen molar-refractivity contribution in [3.63, 3.8) is 0 Å². The molecule has 0 saturated carbocycles. The van der Waals surface area contributed by atoms with Crippen LogP contribution in [0.15, 0.2) is 182 Å². The van der Waals surface area contributed by atoms with Gasteiger partial charge in [-0.1, -0.05) is 133 Å². The van der Waals surface area contributed by atoms with E-state index >= 15 is 0 Å². The number of anilines is 2. The second kappa shape index (κ2) is 12.8. The molecular weight excluding hydrogens is 773 g/mol. The Morgan fingerprint density at radius 1 is 0.250 bits per heavy atom. The molecule has 2 nitrogen and oxygen atoms in total. The van der Waals surface area contributed by atoms with Gasteiger partial charge in [0.2, 0.25) is 0 Å². The van der Waals surface area contributed by atoms with Gasteiger partial charge < -0.3 is 9.80 Å². The molecule has 2 aliphatic carbocycles. The van der Waals surface area contributed by atoms with Crippen LogP contribution in [-0.4, -0.2) is 28.2 Å². The van der Waals surface area contributed by atoms with E-state index in [2.05, 4.69) is 220 Å². The largest absolute Gasteiger partial charge is 0.378 e. The molecule has 0 atom stereocenters. The van der Waals surface area contributed by atoms with E-state index in [4.69, 9.17) is 0 Å². The summed E-state index contributed by atoms with van der Waals surface area (Å²) in [7, 11) is 8.57. The molecule has 0 aliphatic heterocycles. The second-order valence-electron chi connectivity index (χ2n) is 18.4. The fraction of sp³-hybridized carbons (Fsp3) is 0.0645. The van der Waals surface area contributed by atoms with E-state index in [1.54, 1.807) is 0 Å². The normalized spacial score (nSPS) is 12.4. The van der Waals surface area contributed by atoms with Crippen LogP contribution in [-0.2, 0) is 0 Å². The van der Waals surface area contributed by atoms with Crippen LogP contribution in [0, 0.1) is 0 Å². The first kappa shape index (κ1) is 35.6. The molecule has 300 valence electrons. The van der Waals surface area contributed by atoms with E-state index in [0.717, 1.165) is 0 Å². The van der Waals surface area contributed by atoms with E-state index < -0.39 is 0 Å². The van der Waals surface area contributed by atoms with Crippen molar-refractivity contribution in [1.82, 2.24) is 0 Å². The summed E-state index contributed by atoms with van der Waals surface area (Å²) in [6, 6.07) is 69.5. The van der Waals surface area contributed by atoms with Crippen LogP contribution in [0.4, 0.5) is 11.4 Å². The number of rotatable bonds is 4. The van der Waals surface area contributed by atoms with Crippen molar-refractivity contribution < 1.29 is 0 Å². The Kier molecular flexibility index (Phi) is 7.13. The molecule has 64 heavy (non-hydrogen) atoms. The number of benzene rings is 12. The standard InChI is InChI=1S/C62H42N2/c1-63(2)40-17-9-15-38(29-40)56-50-28-27-44-48(26-25-37-31-52-47-23-11-21-45-42-19-7-5-13-35(42)32-54(58(45)47)53(52)34-51(37)44)60(50)57(39-16-10-18-41(30-39)64(3)4)61-49-24-12-22-46-43-20-8-6-14-36(43)33-55(59(46)49)62(56)61/h5-34H,1-4H3. The van der Waals surface area contributed by atoms with E-state index in [9.17, 15) is 0 Å². The van der Waals surface area contributed by atoms with Crippen molar-refractivity contribution in [1.29, 1.82) is 0 Å².